The van der Waals surface area contributed by atoms with Crippen molar-refractivity contribution < 1.29 is 13.9 Å². The summed E-state index contributed by atoms with van der Waals surface area (Å²) in [5.74, 6) is -0.553. The van der Waals surface area contributed by atoms with Crippen LogP contribution in [-0.4, -0.2) is 19.1 Å². The molecule has 0 bridgehead atoms. The molecule has 3 nitrogen and oxygen atoms in total. The molecule has 0 saturated heterocycles. The molecule has 1 aromatic carbocycles. The lowest BCUT2D eigenvalue weighted by atomic mass is 10.1. The summed E-state index contributed by atoms with van der Waals surface area (Å²) < 4.78 is 18.5. The van der Waals surface area contributed by atoms with Gasteiger partial charge in [-0.15, -0.1) is 11.3 Å². The van der Waals surface area contributed by atoms with Crippen LogP contribution in [0.4, 0.5) is 4.39 Å². The number of ether oxygens (including phenoxy) is 1. The van der Waals surface area contributed by atoms with Crippen molar-refractivity contribution in [3.8, 4) is 10.4 Å². The smallest absolute Gasteiger partial charge is 0.322 e. The molecule has 106 valence electrons. The lowest BCUT2D eigenvalue weighted by Gasteiger charge is -2.12. The zero-order valence-electron chi connectivity index (χ0n) is 11.4. The second-order valence-corrected chi connectivity index (χ2v) is 5.36. The van der Waals surface area contributed by atoms with E-state index >= 15 is 0 Å². The summed E-state index contributed by atoms with van der Waals surface area (Å²) >= 11 is 1.50. The van der Waals surface area contributed by atoms with Crippen LogP contribution < -0.4 is 5.32 Å². The molecule has 0 aliphatic rings. The van der Waals surface area contributed by atoms with Gasteiger partial charge >= 0.3 is 5.97 Å². The standard InChI is InChI=1S/C15H16FNO2S/c1-10(15(18)19-2)17-9-11-5-6-13(16)12(8-11)14-4-3-7-20-14/h3-8,10,17H,9H2,1-2H3/t10-/m0/s1. The Labute approximate surface area is 121 Å². The number of thiophene rings is 1. The number of carbonyl (C=O) groups is 1. The van der Waals surface area contributed by atoms with Gasteiger partial charge in [0.2, 0.25) is 0 Å². The maximum absolute atomic E-state index is 13.8. The van der Waals surface area contributed by atoms with Crippen molar-refractivity contribution in [1.82, 2.24) is 5.32 Å². The van der Waals surface area contributed by atoms with Gasteiger partial charge < -0.3 is 10.1 Å². The molecule has 0 spiro atoms. The van der Waals surface area contributed by atoms with E-state index in [1.807, 2.05) is 17.5 Å². The maximum atomic E-state index is 13.8. The SMILES string of the molecule is COC(=O)[C@H](C)NCc1ccc(F)c(-c2cccs2)c1. The summed E-state index contributed by atoms with van der Waals surface area (Å²) in [6, 6.07) is 8.35. The van der Waals surface area contributed by atoms with Crippen LogP contribution in [0.5, 0.6) is 0 Å². The Kier molecular flexibility index (Phi) is 4.87. The monoisotopic (exact) mass is 293 g/mol. The van der Waals surface area contributed by atoms with Gasteiger partial charge in [0, 0.05) is 17.0 Å². The molecule has 1 aromatic heterocycles. The van der Waals surface area contributed by atoms with Gasteiger partial charge in [0.15, 0.2) is 0 Å². The number of benzene rings is 1. The lowest BCUT2D eigenvalue weighted by molar-refractivity contribution is -0.142. The molecule has 0 radical (unpaired) electrons. The first-order valence-corrected chi connectivity index (χ1v) is 7.13. The van der Waals surface area contributed by atoms with E-state index in [0.29, 0.717) is 12.1 Å². The lowest BCUT2D eigenvalue weighted by Crippen LogP contribution is -2.34. The Bertz CT molecular complexity index is 584. The largest absolute Gasteiger partial charge is 0.468 e. The van der Waals surface area contributed by atoms with Gasteiger partial charge in [-0.2, -0.15) is 0 Å². The van der Waals surface area contributed by atoms with Crippen LogP contribution in [0, 0.1) is 5.82 Å². The van der Waals surface area contributed by atoms with Gasteiger partial charge in [0.25, 0.3) is 0 Å². The average molecular weight is 293 g/mol. The highest BCUT2D eigenvalue weighted by molar-refractivity contribution is 7.13. The Balaban J connectivity index is 2.10. The van der Waals surface area contributed by atoms with E-state index in [0.717, 1.165) is 10.4 Å². The van der Waals surface area contributed by atoms with Gasteiger partial charge in [0.05, 0.1) is 7.11 Å². The third-order valence-corrected chi connectivity index (χ3v) is 3.89. The Morgan fingerprint density at radius 2 is 2.25 bits per heavy atom. The van der Waals surface area contributed by atoms with Gasteiger partial charge in [-0.1, -0.05) is 12.1 Å². The van der Waals surface area contributed by atoms with Crippen molar-refractivity contribution in [2.45, 2.75) is 19.5 Å². The van der Waals surface area contributed by atoms with E-state index in [9.17, 15) is 9.18 Å². The number of rotatable bonds is 5. The van der Waals surface area contributed by atoms with Crippen molar-refractivity contribution in [2.75, 3.05) is 7.11 Å². The summed E-state index contributed by atoms with van der Waals surface area (Å²) in [4.78, 5) is 12.2. The van der Waals surface area contributed by atoms with E-state index in [1.54, 1.807) is 19.1 Å². The van der Waals surface area contributed by atoms with Gasteiger partial charge in [-0.25, -0.2) is 4.39 Å². The average Bonchev–Trinajstić information content (AvgIpc) is 2.99. The fourth-order valence-corrected chi connectivity index (χ4v) is 2.58. The molecule has 1 N–H and O–H groups in total. The van der Waals surface area contributed by atoms with E-state index in [4.69, 9.17) is 0 Å². The molecule has 2 aromatic rings. The number of carbonyl (C=O) groups excluding carboxylic acids is 1. The first-order chi connectivity index (χ1) is 9.61. The van der Waals surface area contributed by atoms with Crippen LogP contribution in [0.15, 0.2) is 35.7 Å². The van der Waals surface area contributed by atoms with Crippen LogP contribution in [-0.2, 0) is 16.1 Å². The number of halogens is 1. The molecule has 1 atom stereocenters. The molecule has 2 rings (SSSR count). The van der Waals surface area contributed by atoms with Crippen molar-refractivity contribution in [1.29, 1.82) is 0 Å². The van der Waals surface area contributed by atoms with Crippen LogP contribution in [0.1, 0.15) is 12.5 Å². The van der Waals surface area contributed by atoms with Crippen LogP contribution in [0.3, 0.4) is 0 Å². The molecule has 20 heavy (non-hydrogen) atoms. The second kappa shape index (κ2) is 6.63. The minimum Gasteiger partial charge on any atom is -0.468 e. The summed E-state index contributed by atoms with van der Waals surface area (Å²) in [6.07, 6.45) is 0. The number of hydrogen-bond acceptors (Lipinski definition) is 4. The summed E-state index contributed by atoms with van der Waals surface area (Å²) in [5.41, 5.74) is 1.51. The highest BCUT2D eigenvalue weighted by Crippen LogP contribution is 2.28. The topological polar surface area (TPSA) is 38.3 Å². The number of nitrogens with one attached hydrogen (secondary N) is 1. The first-order valence-electron chi connectivity index (χ1n) is 6.25. The molecule has 0 aliphatic heterocycles. The maximum Gasteiger partial charge on any atom is 0.322 e. The predicted octanol–water partition coefficient (Wildman–Crippen LogP) is 3.21. The van der Waals surface area contributed by atoms with Crippen molar-refractivity contribution in [3.05, 3.63) is 47.1 Å². The zero-order valence-corrected chi connectivity index (χ0v) is 12.2. The highest BCUT2D eigenvalue weighted by Gasteiger charge is 2.13. The molecule has 5 heteroatoms. The predicted molar refractivity (Wildman–Crippen MR) is 78.0 cm³/mol. The second-order valence-electron chi connectivity index (χ2n) is 4.42. The Morgan fingerprint density at radius 1 is 1.45 bits per heavy atom. The quantitative estimate of drug-likeness (QED) is 0.860. The molecule has 0 amide bonds. The fourth-order valence-electron chi connectivity index (χ4n) is 1.83. The zero-order chi connectivity index (χ0) is 14.5. The summed E-state index contributed by atoms with van der Waals surface area (Å²) in [5, 5.41) is 4.96. The van der Waals surface area contributed by atoms with Crippen molar-refractivity contribution in [2.24, 2.45) is 0 Å². The highest BCUT2D eigenvalue weighted by atomic mass is 32.1. The van der Waals surface area contributed by atoms with E-state index in [1.165, 1.54) is 24.5 Å². The summed E-state index contributed by atoms with van der Waals surface area (Å²) in [7, 11) is 1.35. The van der Waals surface area contributed by atoms with Crippen molar-refractivity contribution in [3.63, 3.8) is 0 Å². The fraction of sp³-hybridized carbons (Fsp3) is 0.267. The first kappa shape index (κ1) is 14.7. The molecular formula is C15H16FNO2S. The number of esters is 1. The molecule has 0 saturated carbocycles. The Hall–Kier alpha value is -1.72. The van der Waals surface area contributed by atoms with Gasteiger partial charge in [0.1, 0.15) is 11.9 Å². The molecule has 0 unspecified atom stereocenters. The third-order valence-electron chi connectivity index (χ3n) is 2.98. The minimum atomic E-state index is -0.393. The van der Waals surface area contributed by atoms with Crippen LogP contribution in [0.25, 0.3) is 10.4 Å². The Morgan fingerprint density at radius 3 is 2.90 bits per heavy atom. The normalized spacial score (nSPS) is 12.2. The molecule has 0 fully saturated rings. The molecule has 0 aliphatic carbocycles. The van der Waals surface area contributed by atoms with Crippen LogP contribution >= 0.6 is 11.3 Å². The van der Waals surface area contributed by atoms with E-state index in [2.05, 4.69) is 10.1 Å². The van der Waals surface area contributed by atoms with Crippen molar-refractivity contribution >= 4 is 17.3 Å². The molecule has 1 heterocycles. The molecular weight excluding hydrogens is 277 g/mol. The number of methoxy groups -OCH3 is 1. The third kappa shape index (κ3) is 3.43. The van der Waals surface area contributed by atoms with Gasteiger partial charge in [-0.05, 0) is 36.1 Å². The van der Waals surface area contributed by atoms with Gasteiger partial charge in [-0.3, -0.25) is 4.79 Å². The van der Waals surface area contributed by atoms with Crippen LogP contribution in [0.2, 0.25) is 0 Å². The van der Waals surface area contributed by atoms with E-state index in [-0.39, 0.29) is 11.8 Å². The van der Waals surface area contributed by atoms with E-state index < -0.39 is 6.04 Å². The number of hydrogen-bond donors (Lipinski definition) is 1. The summed E-state index contributed by atoms with van der Waals surface area (Å²) in [6.45, 7) is 2.21. The minimum absolute atomic E-state index is 0.239.